The molecule has 0 spiro atoms. The molecule has 1 saturated heterocycles. The van der Waals surface area contributed by atoms with Crippen molar-refractivity contribution < 1.29 is 9.59 Å². The van der Waals surface area contributed by atoms with Crippen molar-refractivity contribution in [2.45, 2.75) is 19.8 Å². The fourth-order valence-corrected chi connectivity index (χ4v) is 3.31. The maximum Gasteiger partial charge on any atom is 0.253 e. The van der Waals surface area contributed by atoms with Gasteiger partial charge in [0.15, 0.2) is 0 Å². The summed E-state index contributed by atoms with van der Waals surface area (Å²) in [5, 5.41) is 6.39. The first-order chi connectivity index (χ1) is 13.0. The Kier molecular flexibility index (Phi) is 6.35. The Morgan fingerprint density at radius 1 is 1.11 bits per heavy atom. The number of carbonyl (C=O) groups is 2. The number of nitrogens with zero attached hydrogens (tertiary/aromatic N) is 1. The highest BCUT2D eigenvalue weighted by molar-refractivity contribution is 6.33. The summed E-state index contributed by atoms with van der Waals surface area (Å²) in [4.78, 5) is 26.8. The molecule has 142 valence electrons. The second-order valence-corrected chi connectivity index (χ2v) is 7.34. The lowest BCUT2D eigenvalue weighted by Crippen LogP contribution is -2.37. The van der Waals surface area contributed by atoms with Gasteiger partial charge in [0, 0.05) is 24.3 Å². The van der Waals surface area contributed by atoms with Crippen LogP contribution >= 0.6 is 11.6 Å². The van der Waals surface area contributed by atoms with Crippen molar-refractivity contribution in [2.75, 3.05) is 30.3 Å². The van der Waals surface area contributed by atoms with E-state index in [1.165, 1.54) is 0 Å². The fourth-order valence-electron chi connectivity index (χ4n) is 3.11. The molecule has 2 aromatic rings. The van der Waals surface area contributed by atoms with E-state index in [2.05, 4.69) is 17.6 Å². The molecule has 1 aliphatic rings. The van der Waals surface area contributed by atoms with Crippen molar-refractivity contribution in [1.29, 1.82) is 0 Å². The molecule has 6 heteroatoms. The Morgan fingerprint density at radius 3 is 2.59 bits per heavy atom. The highest BCUT2D eigenvalue weighted by Gasteiger charge is 2.21. The van der Waals surface area contributed by atoms with Gasteiger partial charge in [0.2, 0.25) is 5.91 Å². The quantitative estimate of drug-likeness (QED) is 0.808. The number of benzene rings is 2. The Hall–Kier alpha value is -2.53. The Morgan fingerprint density at radius 2 is 1.85 bits per heavy atom. The van der Waals surface area contributed by atoms with Crippen molar-refractivity contribution in [3.63, 3.8) is 0 Å². The van der Waals surface area contributed by atoms with Crippen LogP contribution in [-0.4, -0.2) is 36.3 Å². The van der Waals surface area contributed by atoms with E-state index < -0.39 is 0 Å². The minimum atomic E-state index is -0.202. The standard InChI is InChI=1S/C21H24ClN3O2/c1-15-9-11-25(12-10-15)21(27)16-5-4-6-17(13-16)24-20(26)14-23-19-8-3-2-7-18(19)22/h2-8,13,15,23H,9-12,14H2,1H3,(H,24,26). The highest BCUT2D eigenvalue weighted by Crippen LogP contribution is 2.21. The number of likely N-dealkylation sites (tertiary alicyclic amines) is 1. The molecule has 1 aliphatic heterocycles. The van der Waals surface area contributed by atoms with Gasteiger partial charge >= 0.3 is 0 Å². The van der Waals surface area contributed by atoms with Gasteiger partial charge in [-0.1, -0.05) is 36.7 Å². The summed E-state index contributed by atoms with van der Waals surface area (Å²) in [6.07, 6.45) is 2.08. The number of carbonyl (C=O) groups excluding carboxylic acids is 2. The number of nitrogens with one attached hydrogen (secondary N) is 2. The van der Waals surface area contributed by atoms with E-state index in [-0.39, 0.29) is 18.4 Å². The van der Waals surface area contributed by atoms with E-state index in [1.54, 1.807) is 30.3 Å². The number of hydrogen-bond donors (Lipinski definition) is 2. The van der Waals surface area contributed by atoms with Crippen molar-refractivity contribution in [1.82, 2.24) is 4.90 Å². The van der Waals surface area contributed by atoms with E-state index in [0.29, 0.717) is 27.9 Å². The molecule has 1 fully saturated rings. The van der Waals surface area contributed by atoms with Crippen molar-refractivity contribution >= 4 is 34.8 Å². The van der Waals surface area contributed by atoms with Gasteiger partial charge in [0.1, 0.15) is 0 Å². The zero-order valence-electron chi connectivity index (χ0n) is 15.4. The lowest BCUT2D eigenvalue weighted by molar-refractivity contribution is -0.114. The minimum Gasteiger partial charge on any atom is -0.375 e. The molecule has 0 aromatic heterocycles. The molecule has 0 radical (unpaired) electrons. The van der Waals surface area contributed by atoms with Crippen LogP contribution in [-0.2, 0) is 4.79 Å². The average molecular weight is 386 g/mol. The van der Waals surface area contributed by atoms with Gasteiger partial charge < -0.3 is 15.5 Å². The third-order valence-corrected chi connectivity index (χ3v) is 5.11. The third-order valence-electron chi connectivity index (χ3n) is 4.78. The lowest BCUT2D eigenvalue weighted by atomic mass is 9.98. The third kappa shape index (κ3) is 5.23. The summed E-state index contributed by atoms with van der Waals surface area (Å²) < 4.78 is 0. The fraction of sp³-hybridized carbons (Fsp3) is 0.333. The van der Waals surface area contributed by atoms with E-state index >= 15 is 0 Å². The first-order valence-corrected chi connectivity index (χ1v) is 9.58. The molecular weight excluding hydrogens is 362 g/mol. The zero-order valence-corrected chi connectivity index (χ0v) is 16.1. The molecular formula is C21H24ClN3O2. The number of piperidine rings is 1. The van der Waals surface area contributed by atoms with Crippen LogP contribution in [0.2, 0.25) is 5.02 Å². The minimum absolute atomic E-state index is 0.0205. The van der Waals surface area contributed by atoms with Crippen molar-refractivity contribution in [3.05, 3.63) is 59.1 Å². The number of hydrogen-bond acceptors (Lipinski definition) is 3. The molecule has 27 heavy (non-hydrogen) atoms. The van der Waals surface area contributed by atoms with Crippen LogP contribution in [0.4, 0.5) is 11.4 Å². The average Bonchev–Trinajstić information content (AvgIpc) is 2.67. The molecule has 0 saturated carbocycles. The Balaban J connectivity index is 1.57. The molecule has 3 rings (SSSR count). The molecule has 0 aliphatic carbocycles. The first kappa shape index (κ1) is 19.2. The maximum absolute atomic E-state index is 12.7. The van der Waals surface area contributed by atoms with Gasteiger partial charge in [-0.25, -0.2) is 0 Å². The van der Waals surface area contributed by atoms with Crippen LogP contribution in [0.5, 0.6) is 0 Å². The highest BCUT2D eigenvalue weighted by atomic mass is 35.5. The molecule has 0 bridgehead atoms. The topological polar surface area (TPSA) is 61.4 Å². The second kappa shape index (κ2) is 8.91. The van der Waals surface area contributed by atoms with Crippen LogP contribution in [0.15, 0.2) is 48.5 Å². The van der Waals surface area contributed by atoms with Gasteiger partial charge in [-0.05, 0) is 49.1 Å². The predicted octanol–water partition coefficient (Wildman–Crippen LogP) is 4.26. The number of amides is 2. The number of rotatable bonds is 5. The predicted molar refractivity (Wildman–Crippen MR) is 109 cm³/mol. The summed E-state index contributed by atoms with van der Waals surface area (Å²) in [5.41, 5.74) is 1.91. The van der Waals surface area contributed by atoms with E-state index in [4.69, 9.17) is 11.6 Å². The van der Waals surface area contributed by atoms with Crippen LogP contribution in [0.25, 0.3) is 0 Å². The first-order valence-electron chi connectivity index (χ1n) is 9.20. The van der Waals surface area contributed by atoms with Crippen molar-refractivity contribution in [3.8, 4) is 0 Å². The number of anilines is 2. The SMILES string of the molecule is CC1CCN(C(=O)c2cccc(NC(=O)CNc3ccccc3Cl)c2)CC1. The van der Waals surface area contributed by atoms with Crippen LogP contribution in [0.1, 0.15) is 30.1 Å². The molecule has 2 aromatic carbocycles. The molecule has 0 unspecified atom stereocenters. The largest absolute Gasteiger partial charge is 0.375 e. The summed E-state index contributed by atoms with van der Waals surface area (Å²) in [5.74, 6) is 0.490. The second-order valence-electron chi connectivity index (χ2n) is 6.94. The zero-order chi connectivity index (χ0) is 19.2. The van der Waals surface area contributed by atoms with Gasteiger partial charge in [0.25, 0.3) is 5.91 Å². The lowest BCUT2D eigenvalue weighted by Gasteiger charge is -2.30. The number of halogens is 1. The molecule has 2 N–H and O–H groups in total. The van der Waals surface area contributed by atoms with Crippen LogP contribution in [0.3, 0.4) is 0 Å². The summed E-state index contributed by atoms with van der Waals surface area (Å²) >= 11 is 6.07. The summed E-state index contributed by atoms with van der Waals surface area (Å²) in [6, 6.07) is 14.3. The van der Waals surface area contributed by atoms with E-state index in [1.807, 2.05) is 23.1 Å². The molecule has 1 heterocycles. The summed E-state index contributed by atoms with van der Waals surface area (Å²) in [6.45, 7) is 3.89. The summed E-state index contributed by atoms with van der Waals surface area (Å²) in [7, 11) is 0. The number of para-hydroxylation sites is 1. The van der Waals surface area contributed by atoms with Gasteiger partial charge in [-0.2, -0.15) is 0 Å². The Bertz CT molecular complexity index is 817. The molecule has 2 amide bonds. The Labute approximate surface area is 164 Å². The van der Waals surface area contributed by atoms with E-state index in [9.17, 15) is 9.59 Å². The van der Waals surface area contributed by atoms with Gasteiger partial charge in [-0.3, -0.25) is 9.59 Å². The smallest absolute Gasteiger partial charge is 0.253 e. The monoisotopic (exact) mass is 385 g/mol. The van der Waals surface area contributed by atoms with Crippen molar-refractivity contribution in [2.24, 2.45) is 5.92 Å². The maximum atomic E-state index is 12.7. The van der Waals surface area contributed by atoms with Gasteiger partial charge in [-0.15, -0.1) is 0 Å². The van der Waals surface area contributed by atoms with Crippen LogP contribution < -0.4 is 10.6 Å². The van der Waals surface area contributed by atoms with E-state index in [0.717, 1.165) is 25.9 Å². The van der Waals surface area contributed by atoms with Gasteiger partial charge in [0.05, 0.1) is 17.3 Å². The molecule has 5 nitrogen and oxygen atoms in total. The van der Waals surface area contributed by atoms with Crippen LogP contribution in [0, 0.1) is 5.92 Å². The normalized spacial score (nSPS) is 14.7. The molecule has 0 atom stereocenters.